The molecule has 1 heteroatoms. The molecule has 188 valence electrons. The highest BCUT2D eigenvalue weighted by Gasteiger charge is 2.24. The Hall–Kier alpha value is -5.14. The Morgan fingerprint density at radius 1 is 0.350 bits per heavy atom. The van der Waals surface area contributed by atoms with Gasteiger partial charge in [-0.2, -0.15) is 0 Å². The van der Waals surface area contributed by atoms with Crippen LogP contribution in [0.4, 0.5) is 0 Å². The van der Waals surface area contributed by atoms with E-state index in [2.05, 4.69) is 140 Å². The van der Waals surface area contributed by atoms with Crippen molar-refractivity contribution in [1.29, 1.82) is 0 Å². The maximum Gasteiger partial charge on any atom is 0.118 e. The monoisotopic (exact) mass is 510 g/mol. The SMILES string of the molecule is COc1ccc(-c2c(-c3ccccc3)c(-c3ccccc3)c3c4cccc5cccc(c6cccc2c63)c54)cc1. The molecule has 0 aliphatic carbocycles. The number of hydrogen-bond acceptors (Lipinski definition) is 1. The van der Waals surface area contributed by atoms with Crippen LogP contribution in [0.15, 0.2) is 140 Å². The normalized spacial score (nSPS) is 11.6. The van der Waals surface area contributed by atoms with Crippen LogP contribution in [0, 0.1) is 0 Å². The average molecular weight is 511 g/mol. The minimum Gasteiger partial charge on any atom is -0.497 e. The van der Waals surface area contributed by atoms with Crippen LogP contribution in [0.5, 0.6) is 5.75 Å². The van der Waals surface area contributed by atoms with E-state index in [1.54, 1.807) is 7.11 Å². The average Bonchev–Trinajstić information content (AvgIpc) is 3.03. The molecule has 0 radical (unpaired) electrons. The summed E-state index contributed by atoms with van der Waals surface area (Å²) in [6.45, 7) is 0. The highest BCUT2D eigenvalue weighted by molar-refractivity contribution is 6.38. The third kappa shape index (κ3) is 3.28. The Labute approximate surface area is 233 Å². The second-order valence-electron chi connectivity index (χ2n) is 10.4. The van der Waals surface area contributed by atoms with Crippen LogP contribution in [-0.2, 0) is 0 Å². The van der Waals surface area contributed by atoms with Gasteiger partial charge in [0, 0.05) is 0 Å². The van der Waals surface area contributed by atoms with Crippen LogP contribution in [0.1, 0.15) is 0 Å². The Morgan fingerprint density at radius 3 is 1.52 bits per heavy atom. The second-order valence-corrected chi connectivity index (χ2v) is 10.4. The van der Waals surface area contributed by atoms with Crippen molar-refractivity contribution in [2.45, 2.75) is 0 Å². The van der Waals surface area contributed by atoms with Gasteiger partial charge in [0.2, 0.25) is 0 Å². The van der Waals surface area contributed by atoms with E-state index in [9.17, 15) is 0 Å². The van der Waals surface area contributed by atoms with Crippen molar-refractivity contribution in [3.05, 3.63) is 140 Å². The van der Waals surface area contributed by atoms with Gasteiger partial charge in [-0.15, -0.1) is 0 Å². The lowest BCUT2D eigenvalue weighted by atomic mass is 9.78. The molecule has 8 rings (SSSR count). The molecule has 0 aliphatic heterocycles. The van der Waals surface area contributed by atoms with E-state index in [0.29, 0.717) is 0 Å². The predicted octanol–water partition coefficient (Wildman–Crippen LogP) is 10.7. The van der Waals surface area contributed by atoms with Gasteiger partial charge in [-0.25, -0.2) is 0 Å². The maximum atomic E-state index is 5.54. The smallest absolute Gasteiger partial charge is 0.118 e. The summed E-state index contributed by atoms with van der Waals surface area (Å²) in [4.78, 5) is 0. The van der Waals surface area contributed by atoms with Crippen molar-refractivity contribution in [1.82, 2.24) is 0 Å². The van der Waals surface area contributed by atoms with Crippen molar-refractivity contribution >= 4 is 43.1 Å². The number of methoxy groups -OCH3 is 1. The Morgan fingerprint density at radius 2 is 0.875 bits per heavy atom. The first-order chi connectivity index (χ1) is 19.8. The Kier molecular flexibility index (Phi) is 5.11. The van der Waals surface area contributed by atoms with Crippen LogP contribution < -0.4 is 4.74 Å². The first-order valence-corrected chi connectivity index (χ1v) is 13.7. The van der Waals surface area contributed by atoms with Crippen LogP contribution in [0.3, 0.4) is 0 Å². The van der Waals surface area contributed by atoms with Gasteiger partial charge in [0.1, 0.15) is 5.75 Å². The number of ether oxygens (including phenoxy) is 1. The van der Waals surface area contributed by atoms with Crippen LogP contribution in [-0.4, -0.2) is 7.11 Å². The fourth-order valence-electron chi connectivity index (χ4n) is 6.65. The van der Waals surface area contributed by atoms with E-state index in [-0.39, 0.29) is 0 Å². The van der Waals surface area contributed by atoms with Crippen LogP contribution in [0.25, 0.3) is 76.5 Å². The number of fused-ring (bicyclic) bond motifs is 2. The molecule has 0 aliphatic rings. The van der Waals surface area contributed by atoms with Gasteiger partial charge in [-0.05, 0) is 88.6 Å². The lowest BCUT2D eigenvalue weighted by Gasteiger charge is -2.25. The summed E-state index contributed by atoms with van der Waals surface area (Å²) < 4.78 is 5.54. The zero-order chi connectivity index (χ0) is 26.6. The molecule has 1 nitrogen and oxygen atoms in total. The van der Waals surface area contributed by atoms with Gasteiger partial charge in [0.15, 0.2) is 0 Å². The summed E-state index contributed by atoms with van der Waals surface area (Å²) in [7, 11) is 1.72. The van der Waals surface area contributed by atoms with Crippen LogP contribution >= 0.6 is 0 Å². The van der Waals surface area contributed by atoms with Gasteiger partial charge in [0.05, 0.1) is 7.11 Å². The summed E-state index contributed by atoms with van der Waals surface area (Å²) in [5.74, 6) is 0.858. The zero-order valence-electron chi connectivity index (χ0n) is 22.2. The first-order valence-electron chi connectivity index (χ1n) is 13.7. The molecule has 0 saturated carbocycles. The molecule has 0 fully saturated rings. The minimum absolute atomic E-state index is 0.858. The van der Waals surface area contributed by atoms with Gasteiger partial charge in [-0.1, -0.05) is 127 Å². The first kappa shape index (κ1) is 22.8. The lowest BCUT2D eigenvalue weighted by molar-refractivity contribution is 0.415. The number of rotatable bonds is 4. The standard InChI is InChI=1S/C39H26O/c1-40-29-23-21-28(22-24-29)35-33-20-10-18-31-30-17-8-15-25-16-9-19-32(34(25)30)39(38(31)33)37(27-13-6-3-7-14-27)36(35)26-11-4-2-5-12-26/h2-24H,1H3. The van der Waals surface area contributed by atoms with E-state index in [0.717, 1.165) is 5.75 Å². The molecule has 0 atom stereocenters. The quantitative estimate of drug-likeness (QED) is 0.169. The fourth-order valence-corrected chi connectivity index (χ4v) is 6.65. The van der Waals surface area contributed by atoms with E-state index in [4.69, 9.17) is 4.74 Å². The number of hydrogen-bond donors (Lipinski definition) is 0. The minimum atomic E-state index is 0.858. The van der Waals surface area contributed by atoms with E-state index in [1.165, 1.54) is 76.5 Å². The van der Waals surface area contributed by atoms with Gasteiger partial charge in [-0.3, -0.25) is 0 Å². The highest BCUT2D eigenvalue weighted by Crippen LogP contribution is 2.52. The van der Waals surface area contributed by atoms with E-state index in [1.807, 2.05) is 0 Å². The molecule has 0 bridgehead atoms. The van der Waals surface area contributed by atoms with Gasteiger partial charge < -0.3 is 4.74 Å². The summed E-state index contributed by atoms with van der Waals surface area (Å²) in [5.41, 5.74) is 7.39. The highest BCUT2D eigenvalue weighted by atomic mass is 16.5. The van der Waals surface area contributed by atoms with Gasteiger partial charge in [0.25, 0.3) is 0 Å². The molecule has 40 heavy (non-hydrogen) atoms. The van der Waals surface area contributed by atoms with Crippen molar-refractivity contribution in [3.63, 3.8) is 0 Å². The van der Waals surface area contributed by atoms with E-state index < -0.39 is 0 Å². The third-order valence-electron chi connectivity index (χ3n) is 8.30. The maximum absolute atomic E-state index is 5.54. The molecule has 0 saturated heterocycles. The topological polar surface area (TPSA) is 9.23 Å². The fraction of sp³-hybridized carbons (Fsp3) is 0.0256. The summed E-state index contributed by atoms with van der Waals surface area (Å²) >= 11 is 0. The summed E-state index contributed by atoms with van der Waals surface area (Å²) in [6.07, 6.45) is 0. The predicted molar refractivity (Wildman–Crippen MR) is 171 cm³/mol. The molecule has 0 aromatic heterocycles. The second kappa shape index (κ2) is 8.97. The van der Waals surface area contributed by atoms with Crippen molar-refractivity contribution in [2.75, 3.05) is 7.11 Å². The molecule has 8 aromatic carbocycles. The third-order valence-corrected chi connectivity index (χ3v) is 8.30. The molecule has 0 spiro atoms. The van der Waals surface area contributed by atoms with Crippen molar-refractivity contribution in [3.8, 4) is 39.1 Å². The Bertz CT molecular complexity index is 2150. The molecule has 8 aromatic rings. The van der Waals surface area contributed by atoms with Crippen LogP contribution in [0.2, 0.25) is 0 Å². The van der Waals surface area contributed by atoms with E-state index >= 15 is 0 Å². The number of benzene rings is 8. The molecule has 0 amide bonds. The lowest BCUT2D eigenvalue weighted by Crippen LogP contribution is -1.97. The molecular formula is C39H26O. The molecule has 0 unspecified atom stereocenters. The summed E-state index contributed by atoms with van der Waals surface area (Å²) in [5, 5.41) is 10.4. The molecular weight excluding hydrogens is 484 g/mol. The van der Waals surface area contributed by atoms with Crippen molar-refractivity contribution < 1.29 is 4.74 Å². The van der Waals surface area contributed by atoms with Gasteiger partial charge >= 0.3 is 0 Å². The van der Waals surface area contributed by atoms with Crippen molar-refractivity contribution in [2.24, 2.45) is 0 Å². The zero-order valence-corrected chi connectivity index (χ0v) is 22.2. The summed E-state index contributed by atoms with van der Waals surface area (Å²) in [6, 6.07) is 50.6. The largest absolute Gasteiger partial charge is 0.497 e. The Balaban J connectivity index is 1.71. The molecule has 0 N–H and O–H groups in total. The molecule has 0 heterocycles.